The zero-order valence-electron chi connectivity index (χ0n) is 11.0. The summed E-state index contributed by atoms with van der Waals surface area (Å²) in [5.41, 5.74) is 6.27. The molecule has 0 amide bonds. The van der Waals surface area contributed by atoms with E-state index >= 15 is 0 Å². The molecule has 5 heteroatoms. The molecule has 0 spiro atoms. The van der Waals surface area contributed by atoms with Crippen LogP contribution >= 0.6 is 0 Å². The highest BCUT2D eigenvalue weighted by atomic mass is 32.2. The fourth-order valence-electron chi connectivity index (χ4n) is 1.60. The van der Waals surface area contributed by atoms with Crippen molar-refractivity contribution in [1.82, 2.24) is 0 Å². The van der Waals surface area contributed by atoms with Gasteiger partial charge in [-0.05, 0) is 24.5 Å². The van der Waals surface area contributed by atoms with Crippen LogP contribution in [0.2, 0.25) is 0 Å². The van der Waals surface area contributed by atoms with Gasteiger partial charge < -0.3 is 5.73 Å². The summed E-state index contributed by atoms with van der Waals surface area (Å²) in [6.07, 6.45) is 0. The second-order valence-electron chi connectivity index (χ2n) is 4.89. The molecule has 1 atom stereocenters. The van der Waals surface area contributed by atoms with E-state index in [0.29, 0.717) is 5.56 Å². The molecule has 102 valence electrons. The number of halogens is 1. The predicted molar refractivity (Wildman–Crippen MR) is 71.2 cm³/mol. The summed E-state index contributed by atoms with van der Waals surface area (Å²) in [5, 5.41) is -0.480. The van der Waals surface area contributed by atoms with Crippen LogP contribution in [-0.4, -0.2) is 13.7 Å². The van der Waals surface area contributed by atoms with Gasteiger partial charge in [0.05, 0.1) is 11.0 Å². The Morgan fingerprint density at radius 1 is 1.28 bits per heavy atom. The molecule has 2 N–H and O–H groups in total. The van der Waals surface area contributed by atoms with E-state index in [1.165, 1.54) is 12.1 Å². The van der Waals surface area contributed by atoms with Crippen molar-refractivity contribution in [3.63, 3.8) is 0 Å². The Morgan fingerprint density at radius 2 is 1.89 bits per heavy atom. The van der Waals surface area contributed by atoms with Crippen LogP contribution in [0.15, 0.2) is 18.2 Å². The first-order valence-electron chi connectivity index (χ1n) is 5.97. The fraction of sp³-hybridized carbons (Fsp3) is 0.538. The molecule has 0 saturated heterocycles. The van der Waals surface area contributed by atoms with Crippen molar-refractivity contribution in [1.29, 1.82) is 0 Å². The third-order valence-electron chi connectivity index (χ3n) is 3.22. The molecule has 1 unspecified atom stereocenters. The summed E-state index contributed by atoms with van der Waals surface area (Å²) in [7, 11) is -3.33. The van der Waals surface area contributed by atoms with E-state index in [1.807, 2.05) is 13.8 Å². The molecule has 0 fully saturated rings. The number of nitrogens with two attached hydrogens (primary N) is 1. The molecule has 1 aromatic rings. The van der Waals surface area contributed by atoms with Crippen LogP contribution in [0.5, 0.6) is 0 Å². The molecule has 0 aliphatic rings. The number of hydrogen-bond acceptors (Lipinski definition) is 3. The molecular weight excluding hydrogens is 253 g/mol. The molecule has 0 aliphatic heterocycles. The Morgan fingerprint density at radius 3 is 2.33 bits per heavy atom. The van der Waals surface area contributed by atoms with Gasteiger partial charge in [0.15, 0.2) is 9.84 Å². The van der Waals surface area contributed by atoms with Crippen molar-refractivity contribution >= 4 is 9.84 Å². The Kier molecular flexibility index (Phi) is 4.87. The number of rotatable bonds is 5. The van der Waals surface area contributed by atoms with E-state index < -0.39 is 20.9 Å². The van der Waals surface area contributed by atoms with Gasteiger partial charge in [0.2, 0.25) is 0 Å². The maximum atomic E-state index is 13.7. The highest BCUT2D eigenvalue weighted by Gasteiger charge is 2.25. The molecule has 3 nitrogen and oxygen atoms in total. The minimum atomic E-state index is -3.33. The monoisotopic (exact) mass is 273 g/mol. The maximum absolute atomic E-state index is 13.7. The summed E-state index contributed by atoms with van der Waals surface area (Å²) in [4.78, 5) is 0. The zero-order valence-corrected chi connectivity index (χ0v) is 11.8. The largest absolute Gasteiger partial charge is 0.326 e. The van der Waals surface area contributed by atoms with Crippen molar-refractivity contribution in [2.45, 2.75) is 38.3 Å². The Bertz CT molecular complexity index is 512. The first kappa shape index (κ1) is 15.1. The molecule has 0 aromatic heterocycles. The standard InChI is InChI=1S/C13H20FNO2S/c1-9(2)10(3)18(16,17)8-12-5-4-11(7-15)6-13(12)14/h4-6,9-10H,7-8,15H2,1-3H3. The summed E-state index contributed by atoms with van der Waals surface area (Å²) in [6, 6.07) is 4.46. The molecular formula is C13H20FNO2S. The third kappa shape index (κ3) is 3.53. The minimum Gasteiger partial charge on any atom is -0.326 e. The second-order valence-corrected chi connectivity index (χ2v) is 7.24. The molecule has 18 heavy (non-hydrogen) atoms. The van der Waals surface area contributed by atoms with E-state index in [1.54, 1.807) is 13.0 Å². The summed E-state index contributed by atoms with van der Waals surface area (Å²) in [6.45, 7) is 5.59. The third-order valence-corrected chi connectivity index (χ3v) is 5.61. The van der Waals surface area contributed by atoms with Crippen LogP contribution in [0.25, 0.3) is 0 Å². The Balaban J connectivity index is 2.98. The van der Waals surface area contributed by atoms with Gasteiger partial charge in [0.25, 0.3) is 0 Å². The van der Waals surface area contributed by atoms with Crippen LogP contribution in [-0.2, 0) is 22.1 Å². The summed E-state index contributed by atoms with van der Waals surface area (Å²) in [5.74, 6) is -0.748. The highest BCUT2D eigenvalue weighted by Crippen LogP contribution is 2.19. The van der Waals surface area contributed by atoms with E-state index in [2.05, 4.69) is 0 Å². The predicted octanol–water partition coefficient (Wildman–Crippen LogP) is 2.24. The van der Waals surface area contributed by atoms with Crippen molar-refractivity contribution in [3.05, 3.63) is 35.1 Å². The number of benzene rings is 1. The highest BCUT2D eigenvalue weighted by molar-refractivity contribution is 7.91. The topological polar surface area (TPSA) is 60.2 Å². The molecule has 0 radical (unpaired) electrons. The van der Waals surface area contributed by atoms with Gasteiger partial charge >= 0.3 is 0 Å². The van der Waals surface area contributed by atoms with E-state index in [-0.39, 0.29) is 23.8 Å². The molecule has 1 rings (SSSR count). The minimum absolute atomic E-state index is 0.0152. The molecule has 0 saturated carbocycles. The van der Waals surface area contributed by atoms with E-state index in [0.717, 1.165) is 0 Å². The van der Waals surface area contributed by atoms with Crippen LogP contribution in [0.4, 0.5) is 4.39 Å². The molecule has 1 aromatic carbocycles. The SMILES string of the molecule is CC(C)C(C)S(=O)(=O)Cc1ccc(CN)cc1F. The lowest BCUT2D eigenvalue weighted by Crippen LogP contribution is -2.25. The number of hydrogen-bond donors (Lipinski definition) is 1. The van der Waals surface area contributed by atoms with Crippen molar-refractivity contribution in [2.75, 3.05) is 0 Å². The van der Waals surface area contributed by atoms with Crippen molar-refractivity contribution in [2.24, 2.45) is 11.7 Å². The lowest BCUT2D eigenvalue weighted by molar-refractivity contribution is 0.542. The number of sulfone groups is 1. The lowest BCUT2D eigenvalue weighted by atomic mass is 10.1. The molecule has 0 bridgehead atoms. The molecule has 0 heterocycles. The van der Waals surface area contributed by atoms with Crippen LogP contribution in [0, 0.1) is 11.7 Å². The smallest absolute Gasteiger partial charge is 0.157 e. The van der Waals surface area contributed by atoms with E-state index in [4.69, 9.17) is 5.73 Å². The van der Waals surface area contributed by atoms with Crippen molar-refractivity contribution in [3.8, 4) is 0 Å². The summed E-state index contributed by atoms with van der Waals surface area (Å²) >= 11 is 0. The van der Waals surface area contributed by atoms with Gasteiger partial charge in [-0.1, -0.05) is 26.0 Å². The normalized spacial score (nSPS) is 13.9. The van der Waals surface area contributed by atoms with Crippen LogP contribution in [0.1, 0.15) is 31.9 Å². The van der Waals surface area contributed by atoms with Gasteiger partial charge in [-0.25, -0.2) is 12.8 Å². The van der Waals surface area contributed by atoms with E-state index in [9.17, 15) is 12.8 Å². The van der Waals surface area contributed by atoms with Crippen LogP contribution < -0.4 is 5.73 Å². The Labute approximate surface area is 108 Å². The van der Waals surface area contributed by atoms with Gasteiger partial charge in [0, 0.05) is 12.1 Å². The average molecular weight is 273 g/mol. The van der Waals surface area contributed by atoms with Crippen molar-refractivity contribution < 1.29 is 12.8 Å². The van der Waals surface area contributed by atoms with Gasteiger partial charge in [-0.2, -0.15) is 0 Å². The lowest BCUT2D eigenvalue weighted by Gasteiger charge is -2.16. The molecule has 0 aliphatic carbocycles. The quantitative estimate of drug-likeness (QED) is 0.895. The Hall–Kier alpha value is -0.940. The fourth-order valence-corrected chi connectivity index (χ4v) is 3.36. The maximum Gasteiger partial charge on any atom is 0.157 e. The zero-order chi connectivity index (χ0) is 13.9. The average Bonchev–Trinajstić information content (AvgIpc) is 2.30. The van der Waals surface area contributed by atoms with Gasteiger partial charge in [-0.3, -0.25) is 0 Å². The van der Waals surface area contributed by atoms with Gasteiger partial charge in [0.1, 0.15) is 5.82 Å². The first-order valence-corrected chi connectivity index (χ1v) is 7.68. The van der Waals surface area contributed by atoms with Crippen LogP contribution in [0.3, 0.4) is 0 Å². The second kappa shape index (κ2) is 5.80. The first-order chi connectivity index (χ1) is 8.27. The van der Waals surface area contributed by atoms with Gasteiger partial charge in [-0.15, -0.1) is 0 Å². The summed E-state index contributed by atoms with van der Waals surface area (Å²) < 4.78 is 37.8.